The van der Waals surface area contributed by atoms with Crippen LogP contribution >= 0.6 is 0 Å². The molecule has 0 fully saturated rings. The summed E-state index contributed by atoms with van der Waals surface area (Å²) in [6.07, 6.45) is 0. The molecule has 0 saturated carbocycles. The predicted molar refractivity (Wildman–Crippen MR) is 68.5 cm³/mol. The smallest absolute Gasteiger partial charge is 0.253 e. The highest BCUT2D eigenvalue weighted by Crippen LogP contribution is 2.17. The summed E-state index contributed by atoms with van der Waals surface area (Å²) in [6.45, 7) is 1.94. The standard InChI is InChI=1S/C13H15N3O3/c1-9-14-12(15-19-9)10-4-3-5-11(8-10)13(18)16(2)6-7-17/h3-5,8,17H,6-7H2,1-2H3. The molecule has 0 atom stereocenters. The molecule has 0 unspecified atom stereocenters. The van der Waals surface area contributed by atoms with Crippen molar-refractivity contribution in [1.82, 2.24) is 15.0 Å². The second-order valence-electron chi connectivity index (χ2n) is 4.17. The Morgan fingerprint density at radius 3 is 2.89 bits per heavy atom. The number of rotatable bonds is 4. The van der Waals surface area contributed by atoms with Crippen molar-refractivity contribution < 1.29 is 14.4 Å². The average molecular weight is 261 g/mol. The molecular formula is C13H15N3O3. The predicted octanol–water partition coefficient (Wildman–Crippen LogP) is 1.11. The van der Waals surface area contributed by atoms with Gasteiger partial charge in [0.25, 0.3) is 5.91 Å². The second-order valence-corrected chi connectivity index (χ2v) is 4.17. The summed E-state index contributed by atoms with van der Waals surface area (Å²) in [5, 5.41) is 12.7. The topological polar surface area (TPSA) is 79.5 Å². The number of aliphatic hydroxyl groups is 1. The summed E-state index contributed by atoms with van der Waals surface area (Å²) in [5.41, 5.74) is 1.25. The van der Waals surface area contributed by atoms with Crippen LogP contribution in [0, 0.1) is 6.92 Å². The monoisotopic (exact) mass is 261 g/mol. The van der Waals surface area contributed by atoms with Crippen LogP contribution in [0.3, 0.4) is 0 Å². The second kappa shape index (κ2) is 5.62. The summed E-state index contributed by atoms with van der Waals surface area (Å²) in [7, 11) is 1.64. The van der Waals surface area contributed by atoms with Crippen molar-refractivity contribution in [2.24, 2.45) is 0 Å². The third kappa shape index (κ3) is 2.97. The van der Waals surface area contributed by atoms with Gasteiger partial charge in [-0.05, 0) is 12.1 Å². The van der Waals surface area contributed by atoms with Crippen LogP contribution < -0.4 is 0 Å². The van der Waals surface area contributed by atoms with Crippen LogP contribution in [0.15, 0.2) is 28.8 Å². The lowest BCUT2D eigenvalue weighted by Gasteiger charge is -2.15. The highest BCUT2D eigenvalue weighted by molar-refractivity contribution is 5.95. The molecule has 2 rings (SSSR count). The molecule has 0 aliphatic carbocycles. The fourth-order valence-corrected chi connectivity index (χ4v) is 1.68. The van der Waals surface area contributed by atoms with Gasteiger partial charge in [0.15, 0.2) is 0 Å². The zero-order valence-corrected chi connectivity index (χ0v) is 10.8. The quantitative estimate of drug-likeness (QED) is 0.891. The Hall–Kier alpha value is -2.21. The van der Waals surface area contributed by atoms with E-state index in [1.54, 1.807) is 32.2 Å². The zero-order chi connectivity index (χ0) is 13.8. The van der Waals surface area contributed by atoms with Gasteiger partial charge >= 0.3 is 0 Å². The van der Waals surface area contributed by atoms with E-state index in [0.717, 1.165) is 5.56 Å². The van der Waals surface area contributed by atoms with Gasteiger partial charge in [-0.2, -0.15) is 4.98 Å². The van der Waals surface area contributed by atoms with E-state index in [-0.39, 0.29) is 12.5 Å². The highest BCUT2D eigenvalue weighted by Gasteiger charge is 2.13. The SMILES string of the molecule is Cc1nc(-c2cccc(C(=O)N(C)CCO)c2)no1. The summed E-state index contributed by atoms with van der Waals surface area (Å²) < 4.78 is 4.92. The van der Waals surface area contributed by atoms with Crippen LogP contribution in [-0.2, 0) is 0 Å². The van der Waals surface area contributed by atoms with Crippen molar-refractivity contribution >= 4 is 5.91 Å². The van der Waals surface area contributed by atoms with Crippen molar-refractivity contribution in [1.29, 1.82) is 0 Å². The van der Waals surface area contributed by atoms with Crippen LogP contribution in [0.4, 0.5) is 0 Å². The first-order valence-electron chi connectivity index (χ1n) is 5.89. The molecule has 1 amide bonds. The molecule has 0 bridgehead atoms. The van der Waals surface area contributed by atoms with E-state index in [1.807, 2.05) is 6.07 Å². The van der Waals surface area contributed by atoms with E-state index < -0.39 is 0 Å². The number of carbonyl (C=O) groups excluding carboxylic acids is 1. The Kier molecular flexibility index (Phi) is 3.91. The van der Waals surface area contributed by atoms with E-state index in [1.165, 1.54) is 4.90 Å². The fourth-order valence-electron chi connectivity index (χ4n) is 1.68. The van der Waals surface area contributed by atoms with Crippen LogP contribution in [0.25, 0.3) is 11.4 Å². The van der Waals surface area contributed by atoms with E-state index in [0.29, 0.717) is 23.8 Å². The summed E-state index contributed by atoms with van der Waals surface area (Å²) in [5.74, 6) is 0.775. The number of hydrogen-bond acceptors (Lipinski definition) is 5. The number of likely N-dealkylation sites (N-methyl/N-ethyl adjacent to an activating group) is 1. The largest absolute Gasteiger partial charge is 0.395 e. The van der Waals surface area contributed by atoms with E-state index in [9.17, 15) is 4.79 Å². The molecule has 0 radical (unpaired) electrons. The van der Waals surface area contributed by atoms with Crippen molar-refractivity contribution in [3.8, 4) is 11.4 Å². The van der Waals surface area contributed by atoms with Gasteiger partial charge in [-0.3, -0.25) is 4.79 Å². The fraction of sp³-hybridized carbons (Fsp3) is 0.308. The maximum atomic E-state index is 12.1. The van der Waals surface area contributed by atoms with E-state index in [2.05, 4.69) is 10.1 Å². The van der Waals surface area contributed by atoms with Crippen LogP contribution in [0.1, 0.15) is 16.2 Å². The van der Waals surface area contributed by atoms with Crippen molar-refractivity contribution in [2.75, 3.05) is 20.2 Å². The number of carbonyl (C=O) groups is 1. The molecule has 1 aromatic heterocycles. The number of aliphatic hydroxyl groups excluding tert-OH is 1. The minimum Gasteiger partial charge on any atom is -0.395 e. The molecule has 1 heterocycles. The van der Waals surface area contributed by atoms with Gasteiger partial charge in [-0.25, -0.2) is 0 Å². The molecule has 6 heteroatoms. The Bertz CT molecular complexity index is 580. The molecule has 100 valence electrons. The lowest BCUT2D eigenvalue weighted by atomic mass is 10.1. The lowest BCUT2D eigenvalue weighted by molar-refractivity contribution is 0.0767. The minimum absolute atomic E-state index is 0.0635. The van der Waals surface area contributed by atoms with Gasteiger partial charge in [-0.1, -0.05) is 17.3 Å². The molecule has 0 aliphatic heterocycles. The molecule has 1 aromatic carbocycles. The number of benzene rings is 1. The van der Waals surface area contributed by atoms with Crippen LogP contribution in [0.5, 0.6) is 0 Å². The van der Waals surface area contributed by atoms with Gasteiger partial charge in [0.2, 0.25) is 11.7 Å². The van der Waals surface area contributed by atoms with Gasteiger partial charge < -0.3 is 14.5 Å². The van der Waals surface area contributed by atoms with Crippen molar-refractivity contribution in [3.63, 3.8) is 0 Å². The number of aromatic nitrogens is 2. The van der Waals surface area contributed by atoms with Crippen molar-refractivity contribution in [2.45, 2.75) is 6.92 Å². The Morgan fingerprint density at radius 2 is 2.26 bits per heavy atom. The first-order valence-corrected chi connectivity index (χ1v) is 5.89. The maximum absolute atomic E-state index is 12.1. The lowest BCUT2D eigenvalue weighted by Crippen LogP contribution is -2.29. The summed E-state index contributed by atoms with van der Waals surface area (Å²) in [4.78, 5) is 17.7. The molecular weight excluding hydrogens is 246 g/mol. The number of hydrogen-bond donors (Lipinski definition) is 1. The average Bonchev–Trinajstić information content (AvgIpc) is 2.85. The van der Waals surface area contributed by atoms with Gasteiger partial charge in [0.05, 0.1) is 6.61 Å². The van der Waals surface area contributed by atoms with Gasteiger partial charge in [0, 0.05) is 31.6 Å². The third-order valence-corrected chi connectivity index (χ3v) is 2.68. The van der Waals surface area contributed by atoms with Gasteiger partial charge in [0.1, 0.15) is 0 Å². The Morgan fingerprint density at radius 1 is 1.47 bits per heavy atom. The van der Waals surface area contributed by atoms with E-state index >= 15 is 0 Å². The number of nitrogens with zero attached hydrogens (tertiary/aromatic N) is 3. The summed E-state index contributed by atoms with van der Waals surface area (Å²) >= 11 is 0. The highest BCUT2D eigenvalue weighted by atomic mass is 16.5. The zero-order valence-electron chi connectivity index (χ0n) is 10.8. The Balaban J connectivity index is 2.27. The van der Waals surface area contributed by atoms with Gasteiger partial charge in [-0.15, -0.1) is 0 Å². The third-order valence-electron chi connectivity index (χ3n) is 2.68. The normalized spacial score (nSPS) is 10.5. The van der Waals surface area contributed by atoms with E-state index in [4.69, 9.17) is 9.63 Å². The number of amides is 1. The number of aryl methyl sites for hydroxylation is 1. The van der Waals surface area contributed by atoms with Crippen molar-refractivity contribution in [3.05, 3.63) is 35.7 Å². The van der Waals surface area contributed by atoms with Crippen LogP contribution in [0.2, 0.25) is 0 Å². The molecule has 6 nitrogen and oxygen atoms in total. The Labute approximate surface area is 110 Å². The molecule has 0 spiro atoms. The molecule has 0 aliphatic rings. The summed E-state index contributed by atoms with van der Waals surface area (Å²) in [6, 6.07) is 7.00. The molecule has 2 aromatic rings. The molecule has 0 saturated heterocycles. The molecule has 19 heavy (non-hydrogen) atoms. The van der Waals surface area contributed by atoms with Crippen LogP contribution in [-0.4, -0.2) is 46.3 Å². The maximum Gasteiger partial charge on any atom is 0.253 e. The first kappa shape index (κ1) is 13.2. The first-order chi connectivity index (χ1) is 9.11. The molecule has 1 N–H and O–H groups in total. The minimum atomic E-state index is -0.156.